The molecule has 28 heavy (non-hydrogen) atoms. The lowest BCUT2D eigenvalue weighted by molar-refractivity contribution is -0.111. The van der Waals surface area contributed by atoms with Crippen molar-refractivity contribution in [3.8, 4) is 0 Å². The number of nitrogens with one attached hydrogen (secondary N) is 2. The Hall–Kier alpha value is -3.08. The standard InChI is InChI=1S/C23H27N3O2/c1-18-6-8-19(9-7-18)10-15-22(27)24-20-11-13-21(14-12-20)25-23(28)26-16-4-2-3-5-17-26/h6-15H,2-5,16-17H2,1H3,(H,24,27)(H,25,28)/b15-10+. The van der Waals surface area contributed by atoms with E-state index in [1.54, 1.807) is 30.3 Å². The first-order valence-corrected chi connectivity index (χ1v) is 9.82. The Balaban J connectivity index is 1.51. The predicted octanol–water partition coefficient (Wildman–Crippen LogP) is 5.05. The van der Waals surface area contributed by atoms with Crippen molar-refractivity contribution >= 4 is 29.4 Å². The van der Waals surface area contributed by atoms with E-state index in [2.05, 4.69) is 10.6 Å². The molecule has 0 aromatic heterocycles. The molecule has 0 unspecified atom stereocenters. The maximum atomic E-state index is 12.4. The third kappa shape index (κ3) is 5.98. The van der Waals surface area contributed by atoms with Gasteiger partial charge in [0.05, 0.1) is 0 Å². The normalized spacial score (nSPS) is 14.5. The molecule has 146 valence electrons. The largest absolute Gasteiger partial charge is 0.325 e. The van der Waals surface area contributed by atoms with Gasteiger partial charge in [0.2, 0.25) is 5.91 Å². The van der Waals surface area contributed by atoms with E-state index in [1.165, 1.54) is 24.5 Å². The molecule has 0 bridgehead atoms. The van der Waals surface area contributed by atoms with Crippen molar-refractivity contribution in [1.82, 2.24) is 4.90 Å². The molecule has 1 aliphatic heterocycles. The van der Waals surface area contributed by atoms with Crippen molar-refractivity contribution in [2.45, 2.75) is 32.6 Å². The van der Waals surface area contributed by atoms with Gasteiger partial charge < -0.3 is 15.5 Å². The van der Waals surface area contributed by atoms with Crippen molar-refractivity contribution in [1.29, 1.82) is 0 Å². The Morgan fingerprint density at radius 1 is 0.821 bits per heavy atom. The number of carbonyl (C=O) groups is 2. The van der Waals surface area contributed by atoms with Gasteiger partial charge in [-0.3, -0.25) is 4.79 Å². The van der Waals surface area contributed by atoms with Gasteiger partial charge in [-0.25, -0.2) is 4.79 Å². The number of benzene rings is 2. The number of hydrogen-bond donors (Lipinski definition) is 2. The molecule has 1 aliphatic rings. The molecule has 0 atom stereocenters. The van der Waals surface area contributed by atoms with E-state index in [4.69, 9.17) is 0 Å². The Morgan fingerprint density at radius 3 is 2.00 bits per heavy atom. The molecule has 2 aromatic carbocycles. The summed E-state index contributed by atoms with van der Waals surface area (Å²) in [6.07, 6.45) is 7.81. The number of urea groups is 1. The molecule has 5 nitrogen and oxygen atoms in total. The summed E-state index contributed by atoms with van der Waals surface area (Å²) in [5, 5.41) is 5.76. The smallest absolute Gasteiger partial charge is 0.321 e. The van der Waals surface area contributed by atoms with Crippen LogP contribution in [0, 0.1) is 6.92 Å². The van der Waals surface area contributed by atoms with E-state index >= 15 is 0 Å². The first kappa shape index (κ1) is 19.7. The van der Waals surface area contributed by atoms with Crippen LogP contribution in [0.5, 0.6) is 0 Å². The van der Waals surface area contributed by atoms with E-state index < -0.39 is 0 Å². The van der Waals surface area contributed by atoms with Crippen LogP contribution in [0.2, 0.25) is 0 Å². The lowest BCUT2D eigenvalue weighted by Gasteiger charge is -2.20. The zero-order valence-corrected chi connectivity index (χ0v) is 16.3. The summed E-state index contributed by atoms with van der Waals surface area (Å²) >= 11 is 0. The van der Waals surface area contributed by atoms with Gasteiger partial charge in [0.1, 0.15) is 0 Å². The summed E-state index contributed by atoms with van der Waals surface area (Å²) < 4.78 is 0. The average molecular weight is 377 g/mol. The topological polar surface area (TPSA) is 61.4 Å². The Kier molecular flexibility index (Phi) is 6.84. The second kappa shape index (κ2) is 9.74. The molecular formula is C23H27N3O2. The van der Waals surface area contributed by atoms with Gasteiger partial charge in [-0.2, -0.15) is 0 Å². The lowest BCUT2D eigenvalue weighted by atomic mass is 10.1. The molecule has 2 aromatic rings. The number of likely N-dealkylation sites (tertiary alicyclic amines) is 1. The minimum Gasteiger partial charge on any atom is -0.325 e. The van der Waals surface area contributed by atoms with Crippen LogP contribution in [0.15, 0.2) is 54.6 Å². The number of rotatable bonds is 4. The maximum absolute atomic E-state index is 12.4. The first-order valence-electron chi connectivity index (χ1n) is 9.82. The zero-order valence-electron chi connectivity index (χ0n) is 16.3. The first-order chi connectivity index (χ1) is 13.6. The Morgan fingerprint density at radius 2 is 1.39 bits per heavy atom. The van der Waals surface area contributed by atoms with Gasteiger partial charge >= 0.3 is 6.03 Å². The summed E-state index contributed by atoms with van der Waals surface area (Å²) in [5.74, 6) is -0.193. The number of nitrogens with zero attached hydrogens (tertiary/aromatic N) is 1. The maximum Gasteiger partial charge on any atom is 0.321 e. The van der Waals surface area contributed by atoms with Crippen LogP contribution in [-0.4, -0.2) is 29.9 Å². The molecule has 1 saturated heterocycles. The summed E-state index contributed by atoms with van der Waals surface area (Å²) in [4.78, 5) is 26.3. The highest BCUT2D eigenvalue weighted by Crippen LogP contribution is 2.16. The van der Waals surface area contributed by atoms with E-state index in [1.807, 2.05) is 36.1 Å². The number of amides is 3. The van der Waals surface area contributed by atoms with Gasteiger partial charge in [-0.1, -0.05) is 42.7 Å². The average Bonchev–Trinajstić information content (AvgIpc) is 2.99. The Labute approximate surface area is 166 Å². The Bertz CT molecular complexity index is 818. The molecule has 0 aliphatic carbocycles. The van der Waals surface area contributed by atoms with Crippen molar-refractivity contribution in [3.63, 3.8) is 0 Å². The molecule has 0 radical (unpaired) electrons. The second-order valence-electron chi connectivity index (χ2n) is 7.14. The van der Waals surface area contributed by atoms with Crippen LogP contribution in [0.25, 0.3) is 6.08 Å². The predicted molar refractivity (Wildman–Crippen MR) is 114 cm³/mol. The van der Waals surface area contributed by atoms with E-state index in [0.717, 1.165) is 37.2 Å². The lowest BCUT2D eigenvalue weighted by Crippen LogP contribution is -2.35. The van der Waals surface area contributed by atoms with Crippen molar-refractivity contribution in [3.05, 3.63) is 65.7 Å². The molecule has 5 heteroatoms. The number of anilines is 2. The quantitative estimate of drug-likeness (QED) is 0.732. The summed E-state index contributed by atoms with van der Waals surface area (Å²) in [7, 11) is 0. The molecule has 3 amide bonds. The van der Waals surface area contributed by atoms with Crippen LogP contribution in [0.3, 0.4) is 0 Å². The van der Waals surface area contributed by atoms with Gasteiger partial charge in [0, 0.05) is 30.5 Å². The van der Waals surface area contributed by atoms with Crippen LogP contribution >= 0.6 is 0 Å². The van der Waals surface area contributed by atoms with Crippen molar-refractivity contribution in [2.24, 2.45) is 0 Å². The summed E-state index contributed by atoms with van der Waals surface area (Å²) in [5.41, 5.74) is 3.57. The number of hydrogen-bond acceptors (Lipinski definition) is 2. The molecular weight excluding hydrogens is 350 g/mol. The molecule has 1 fully saturated rings. The van der Waals surface area contributed by atoms with E-state index in [-0.39, 0.29) is 11.9 Å². The van der Waals surface area contributed by atoms with Crippen LogP contribution in [0.1, 0.15) is 36.8 Å². The van der Waals surface area contributed by atoms with Gasteiger partial charge in [-0.15, -0.1) is 0 Å². The molecule has 3 rings (SSSR count). The number of aryl methyl sites for hydroxylation is 1. The zero-order chi connectivity index (χ0) is 19.8. The highest BCUT2D eigenvalue weighted by Gasteiger charge is 2.15. The van der Waals surface area contributed by atoms with Gasteiger partial charge in [-0.05, 0) is 55.7 Å². The molecule has 2 N–H and O–H groups in total. The highest BCUT2D eigenvalue weighted by atomic mass is 16.2. The molecule has 0 saturated carbocycles. The third-order valence-corrected chi connectivity index (χ3v) is 4.80. The van der Waals surface area contributed by atoms with Crippen LogP contribution in [0.4, 0.5) is 16.2 Å². The third-order valence-electron chi connectivity index (χ3n) is 4.80. The number of carbonyl (C=O) groups excluding carboxylic acids is 2. The van der Waals surface area contributed by atoms with Crippen LogP contribution in [-0.2, 0) is 4.79 Å². The second-order valence-corrected chi connectivity index (χ2v) is 7.14. The van der Waals surface area contributed by atoms with Crippen molar-refractivity contribution < 1.29 is 9.59 Å². The fraction of sp³-hybridized carbons (Fsp3) is 0.304. The minimum absolute atomic E-state index is 0.0558. The van der Waals surface area contributed by atoms with Gasteiger partial charge in [0.25, 0.3) is 0 Å². The fourth-order valence-corrected chi connectivity index (χ4v) is 3.15. The molecule has 1 heterocycles. The molecule has 0 spiro atoms. The van der Waals surface area contributed by atoms with E-state index in [9.17, 15) is 9.59 Å². The van der Waals surface area contributed by atoms with Crippen molar-refractivity contribution in [2.75, 3.05) is 23.7 Å². The van der Waals surface area contributed by atoms with Gasteiger partial charge in [0.15, 0.2) is 0 Å². The summed E-state index contributed by atoms with van der Waals surface area (Å²) in [6, 6.07) is 15.1. The SMILES string of the molecule is Cc1ccc(/C=C/C(=O)Nc2ccc(NC(=O)N3CCCCCC3)cc2)cc1. The fourth-order valence-electron chi connectivity index (χ4n) is 3.15. The van der Waals surface area contributed by atoms with Crippen LogP contribution < -0.4 is 10.6 Å². The monoisotopic (exact) mass is 377 g/mol. The highest BCUT2D eigenvalue weighted by molar-refractivity contribution is 6.02. The van der Waals surface area contributed by atoms with E-state index in [0.29, 0.717) is 5.69 Å². The minimum atomic E-state index is -0.193. The summed E-state index contributed by atoms with van der Waals surface area (Å²) in [6.45, 7) is 3.65.